The van der Waals surface area contributed by atoms with E-state index in [2.05, 4.69) is 15.5 Å². The maximum atomic E-state index is 10.8. The summed E-state index contributed by atoms with van der Waals surface area (Å²) in [6, 6.07) is 11.9. The van der Waals surface area contributed by atoms with Gasteiger partial charge in [0.25, 0.3) is 0 Å². The Morgan fingerprint density at radius 3 is 2.65 bits per heavy atom. The summed E-state index contributed by atoms with van der Waals surface area (Å²) < 4.78 is 1.58. The molecule has 0 aliphatic carbocycles. The van der Waals surface area contributed by atoms with Crippen LogP contribution in [0.5, 0.6) is 0 Å². The molecule has 1 aromatic heterocycles. The Bertz CT molecular complexity index is 862. The van der Waals surface area contributed by atoms with Crippen LogP contribution >= 0.6 is 11.8 Å². The highest BCUT2D eigenvalue weighted by molar-refractivity contribution is 7.99. The maximum absolute atomic E-state index is 10.8. The third-order valence-corrected chi connectivity index (χ3v) is 4.26. The van der Waals surface area contributed by atoms with Gasteiger partial charge in [0.2, 0.25) is 5.16 Å². The number of aromatic nitrogens is 4. The van der Waals surface area contributed by atoms with Crippen molar-refractivity contribution < 1.29 is 9.90 Å². The molecule has 1 N–H and O–H groups in total. The molecule has 8 heteroatoms. The average Bonchev–Trinajstić information content (AvgIpc) is 3.00. The van der Waals surface area contributed by atoms with Crippen LogP contribution < -0.4 is 4.90 Å². The van der Waals surface area contributed by atoms with Crippen molar-refractivity contribution in [2.75, 3.05) is 24.7 Å². The van der Waals surface area contributed by atoms with E-state index in [4.69, 9.17) is 5.11 Å². The number of rotatable bonds is 5. The lowest BCUT2D eigenvalue weighted by Gasteiger charge is -2.17. The fourth-order valence-electron chi connectivity index (χ4n) is 2.39. The molecule has 3 rings (SSSR count). The Morgan fingerprint density at radius 2 is 1.96 bits per heavy atom. The Kier molecular flexibility index (Phi) is 4.16. The number of aliphatic carboxylic acids is 1. The zero-order chi connectivity index (χ0) is 16.4. The minimum Gasteiger partial charge on any atom is -0.481 e. The van der Waals surface area contributed by atoms with Gasteiger partial charge in [0, 0.05) is 30.6 Å². The van der Waals surface area contributed by atoms with Crippen LogP contribution in [0.15, 0.2) is 41.6 Å². The van der Waals surface area contributed by atoms with Gasteiger partial charge in [-0.2, -0.15) is 4.68 Å². The first-order valence-corrected chi connectivity index (χ1v) is 7.89. The van der Waals surface area contributed by atoms with Gasteiger partial charge in [-0.1, -0.05) is 36.0 Å². The second-order valence-electron chi connectivity index (χ2n) is 5.10. The first-order valence-electron chi connectivity index (χ1n) is 6.90. The minimum atomic E-state index is -0.905. The number of hydrogen-bond acceptors (Lipinski definition) is 6. The highest BCUT2D eigenvalue weighted by Crippen LogP contribution is 2.31. The van der Waals surface area contributed by atoms with Crippen molar-refractivity contribution in [3.05, 3.63) is 36.4 Å². The summed E-state index contributed by atoms with van der Waals surface area (Å²) in [7, 11) is 3.99. The summed E-state index contributed by atoms with van der Waals surface area (Å²) >= 11 is 1.09. The van der Waals surface area contributed by atoms with Crippen molar-refractivity contribution in [2.24, 2.45) is 0 Å². The van der Waals surface area contributed by atoms with Crippen molar-refractivity contribution in [3.8, 4) is 5.69 Å². The number of tetrazole rings is 1. The molecule has 7 nitrogen and oxygen atoms in total. The van der Waals surface area contributed by atoms with Crippen LogP contribution in [0.3, 0.4) is 0 Å². The van der Waals surface area contributed by atoms with Gasteiger partial charge in [0.05, 0.1) is 11.4 Å². The summed E-state index contributed by atoms with van der Waals surface area (Å²) in [6.45, 7) is 0. The lowest BCUT2D eigenvalue weighted by molar-refractivity contribution is -0.133. The van der Waals surface area contributed by atoms with Gasteiger partial charge in [0.15, 0.2) is 0 Å². The van der Waals surface area contributed by atoms with Crippen molar-refractivity contribution in [1.29, 1.82) is 0 Å². The number of thioether (sulfide) groups is 1. The molecule has 2 aromatic carbocycles. The largest absolute Gasteiger partial charge is 0.481 e. The molecule has 0 unspecified atom stereocenters. The predicted octanol–water partition coefficient (Wildman–Crippen LogP) is 2.06. The molecule has 0 fully saturated rings. The molecular formula is C15H15N5O2S. The zero-order valence-electron chi connectivity index (χ0n) is 12.7. The van der Waals surface area contributed by atoms with E-state index in [1.54, 1.807) is 4.68 Å². The van der Waals surface area contributed by atoms with E-state index >= 15 is 0 Å². The maximum Gasteiger partial charge on any atom is 0.313 e. The van der Waals surface area contributed by atoms with Crippen LogP contribution in [0.2, 0.25) is 0 Å². The first kappa shape index (κ1) is 15.3. The van der Waals surface area contributed by atoms with Crippen molar-refractivity contribution in [1.82, 2.24) is 20.2 Å². The zero-order valence-corrected chi connectivity index (χ0v) is 13.5. The highest BCUT2D eigenvalue weighted by Gasteiger charge is 2.15. The number of carbonyl (C=O) groups is 1. The quantitative estimate of drug-likeness (QED) is 0.717. The number of fused-ring (bicyclic) bond motifs is 1. The lowest BCUT2D eigenvalue weighted by Crippen LogP contribution is -2.10. The summed E-state index contributed by atoms with van der Waals surface area (Å²) in [5.41, 5.74) is 1.92. The van der Waals surface area contributed by atoms with Crippen LogP contribution in [0.1, 0.15) is 0 Å². The molecule has 0 saturated carbocycles. The third-order valence-electron chi connectivity index (χ3n) is 3.35. The van der Waals surface area contributed by atoms with E-state index in [9.17, 15) is 4.79 Å². The first-order chi connectivity index (χ1) is 11.1. The van der Waals surface area contributed by atoms with Crippen molar-refractivity contribution in [3.63, 3.8) is 0 Å². The van der Waals surface area contributed by atoms with Gasteiger partial charge in [-0.3, -0.25) is 4.79 Å². The molecule has 1 heterocycles. The smallest absolute Gasteiger partial charge is 0.313 e. The van der Waals surface area contributed by atoms with Gasteiger partial charge in [-0.25, -0.2) is 0 Å². The normalized spacial score (nSPS) is 10.9. The number of hydrogen-bond donors (Lipinski definition) is 1. The average molecular weight is 329 g/mol. The van der Waals surface area contributed by atoms with E-state index in [-0.39, 0.29) is 5.75 Å². The van der Waals surface area contributed by atoms with Crippen molar-refractivity contribution in [2.45, 2.75) is 5.16 Å². The van der Waals surface area contributed by atoms with Crippen LogP contribution in [0, 0.1) is 0 Å². The predicted molar refractivity (Wildman–Crippen MR) is 89.3 cm³/mol. The van der Waals surface area contributed by atoms with Crippen LogP contribution in [0.4, 0.5) is 5.69 Å². The molecule has 0 aliphatic heterocycles. The van der Waals surface area contributed by atoms with E-state index < -0.39 is 5.97 Å². The van der Waals surface area contributed by atoms with E-state index in [1.807, 2.05) is 55.4 Å². The standard InChI is InChI=1S/C15H15N5O2S/c1-19(2)12-7-8-13(11-6-4-3-5-10(11)12)20-15(16-17-18-20)23-9-14(21)22/h3-8H,9H2,1-2H3,(H,21,22). The fraction of sp³-hybridized carbons (Fsp3) is 0.200. The van der Waals surface area contributed by atoms with E-state index in [0.29, 0.717) is 5.16 Å². The number of carboxylic acid groups (broad SMARTS) is 1. The minimum absolute atomic E-state index is 0.0892. The number of benzene rings is 2. The number of anilines is 1. The van der Waals surface area contributed by atoms with Crippen molar-refractivity contribution >= 4 is 34.2 Å². The Labute approximate surface area is 136 Å². The molecule has 23 heavy (non-hydrogen) atoms. The monoisotopic (exact) mass is 329 g/mol. The molecule has 0 atom stereocenters. The summed E-state index contributed by atoms with van der Waals surface area (Å²) in [4.78, 5) is 12.8. The Hall–Kier alpha value is -2.61. The molecule has 0 spiro atoms. The Balaban J connectivity index is 2.13. The van der Waals surface area contributed by atoms with Gasteiger partial charge >= 0.3 is 5.97 Å². The van der Waals surface area contributed by atoms with Crippen LogP contribution in [-0.2, 0) is 4.79 Å². The molecular weight excluding hydrogens is 314 g/mol. The third kappa shape index (κ3) is 2.98. The van der Waals surface area contributed by atoms with Crippen LogP contribution in [0.25, 0.3) is 16.5 Å². The second kappa shape index (κ2) is 6.25. The Morgan fingerprint density at radius 1 is 1.22 bits per heavy atom. The molecule has 0 amide bonds. The highest BCUT2D eigenvalue weighted by atomic mass is 32.2. The van der Waals surface area contributed by atoms with Gasteiger partial charge in [0.1, 0.15) is 0 Å². The molecule has 3 aromatic rings. The summed E-state index contributed by atoms with van der Waals surface area (Å²) in [5, 5.41) is 23.0. The SMILES string of the molecule is CN(C)c1ccc(-n2nnnc2SCC(=O)O)c2ccccc12. The molecule has 0 radical (unpaired) electrons. The molecule has 0 saturated heterocycles. The topological polar surface area (TPSA) is 84.1 Å². The van der Waals surface area contributed by atoms with Gasteiger partial charge in [-0.15, -0.1) is 5.10 Å². The van der Waals surface area contributed by atoms with Crippen LogP contribution in [-0.4, -0.2) is 51.1 Å². The van der Waals surface area contributed by atoms with E-state index in [0.717, 1.165) is 33.9 Å². The van der Waals surface area contributed by atoms with Gasteiger partial charge < -0.3 is 10.0 Å². The number of carboxylic acids is 1. The molecule has 118 valence electrons. The fourth-order valence-corrected chi connectivity index (χ4v) is 2.99. The van der Waals surface area contributed by atoms with Gasteiger partial charge in [-0.05, 0) is 22.6 Å². The number of nitrogens with zero attached hydrogens (tertiary/aromatic N) is 5. The van der Waals surface area contributed by atoms with E-state index in [1.165, 1.54) is 0 Å². The molecule has 0 bridgehead atoms. The molecule has 0 aliphatic rings. The summed E-state index contributed by atoms with van der Waals surface area (Å²) in [6.07, 6.45) is 0. The second-order valence-corrected chi connectivity index (χ2v) is 6.04. The summed E-state index contributed by atoms with van der Waals surface area (Å²) in [5.74, 6) is -0.994. The lowest BCUT2D eigenvalue weighted by atomic mass is 10.1.